The van der Waals surface area contributed by atoms with Gasteiger partial charge in [-0.2, -0.15) is 0 Å². The molecule has 4 heterocycles. The zero-order chi connectivity index (χ0) is 24.6. The van der Waals surface area contributed by atoms with Gasteiger partial charge in [-0.1, -0.05) is 45.0 Å². The molecular formula is C26H27N7OS. The standard InChI is InChI=1S/C26H27N7OS/c1-26(2,3)21-16-30-25(35-21)31-24(34)29-14-17-5-7-18(8-6-17)20-15-28-22-13-19(9-11-33(20)22)23-27-10-12-32(23)4/h5-13,15-16H,14H2,1-4H3,(H2,29,30,31,34). The molecule has 0 bridgehead atoms. The van der Waals surface area contributed by atoms with Gasteiger partial charge in [-0.25, -0.2) is 19.7 Å². The maximum Gasteiger partial charge on any atom is 0.321 e. The predicted molar refractivity (Wildman–Crippen MR) is 140 cm³/mol. The van der Waals surface area contributed by atoms with Crippen molar-refractivity contribution in [2.24, 2.45) is 7.05 Å². The molecule has 0 atom stereocenters. The number of amides is 2. The van der Waals surface area contributed by atoms with Gasteiger partial charge in [0.1, 0.15) is 11.5 Å². The lowest BCUT2D eigenvalue weighted by Gasteiger charge is -2.14. The Kier molecular flexibility index (Phi) is 5.86. The first kappa shape index (κ1) is 22.8. The summed E-state index contributed by atoms with van der Waals surface area (Å²) in [7, 11) is 1.98. The van der Waals surface area contributed by atoms with Crippen molar-refractivity contribution in [1.29, 1.82) is 0 Å². The molecule has 0 saturated heterocycles. The third-order valence-electron chi connectivity index (χ3n) is 5.76. The van der Waals surface area contributed by atoms with E-state index in [1.807, 2.05) is 72.8 Å². The summed E-state index contributed by atoms with van der Waals surface area (Å²) in [5.74, 6) is 0.905. The van der Waals surface area contributed by atoms with Crippen LogP contribution in [0, 0.1) is 0 Å². The molecule has 0 radical (unpaired) electrons. The first-order valence-corrected chi connectivity index (χ1v) is 12.1. The summed E-state index contributed by atoms with van der Waals surface area (Å²) in [5, 5.41) is 6.31. The Labute approximate surface area is 207 Å². The fourth-order valence-electron chi connectivity index (χ4n) is 3.77. The van der Waals surface area contributed by atoms with Crippen molar-refractivity contribution in [2.45, 2.75) is 32.7 Å². The SMILES string of the molecule is Cn1ccnc1-c1ccn2c(-c3ccc(CNC(=O)Nc4ncc(C(C)(C)C)s4)cc3)cnc2c1. The molecule has 2 amide bonds. The van der Waals surface area contributed by atoms with Crippen LogP contribution in [0.5, 0.6) is 0 Å². The van der Waals surface area contributed by atoms with E-state index in [9.17, 15) is 4.79 Å². The number of urea groups is 1. The molecular weight excluding hydrogens is 458 g/mol. The van der Waals surface area contributed by atoms with Gasteiger partial charge < -0.3 is 9.88 Å². The highest BCUT2D eigenvalue weighted by atomic mass is 32.1. The van der Waals surface area contributed by atoms with Crippen molar-refractivity contribution >= 4 is 28.1 Å². The van der Waals surface area contributed by atoms with Crippen molar-refractivity contribution in [1.82, 2.24) is 29.2 Å². The Morgan fingerprint density at radius 3 is 2.49 bits per heavy atom. The highest BCUT2D eigenvalue weighted by Gasteiger charge is 2.18. The van der Waals surface area contributed by atoms with E-state index in [1.165, 1.54) is 11.3 Å². The molecule has 0 aliphatic carbocycles. The largest absolute Gasteiger partial charge is 0.334 e. The van der Waals surface area contributed by atoms with E-state index in [0.717, 1.165) is 38.7 Å². The molecule has 1 aromatic carbocycles. The molecule has 5 rings (SSSR count). The Hall–Kier alpha value is -3.98. The second-order valence-electron chi connectivity index (χ2n) is 9.43. The molecule has 35 heavy (non-hydrogen) atoms. The molecule has 0 unspecified atom stereocenters. The second-order valence-corrected chi connectivity index (χ2v) is 10.5. The highest BCUT2D eigenvalue weighted by molar-refractivity contribution is 7.15. The maximum atomic E-state index is 12.3. The molecule has 0 aliphatic rings. The zero-order valence-electron chi connectivity index (χ0n) is 20.1. The summed E-state index contributed by atoms with van der Waals surface area (Å²) >= 11 is 1.50. The van der Waals surface area contributed by atoms with Gasteiger partial charge in [-0.15, -0.1) is 11.3 Å². The number of aryl methyl sites for hydroxylation is 1. The van der Waals surface area contributed by atoms with E-state index in [2.05, 4.69) is 50.8 Å². The average molecular weight is 486 g/mol. The monoisotopic (exact) mass is 485 g/mol. The van der Waals surface area contributed by atoms with E-state index in [4.69, 9.17) is 0 Å². The number of thiazole rings is 1. The minimum Gasteiger partial charge on any atom is -0.334 e. The van der Waals surface area contributed by atoms with Crippen molar-refractivity contribution in [3.05, 3.63) is 77.8 Å². The molecule has 178 valence electrons. The minimum absolute atomic E-state index is 0.0118. The van der Waals surface area contributed by atoms with Crippen LogP contribution in [0.3, 0.4) is 0 Å². The number of hydrogen-bond donors (Lipinski definition) is 2. The first-order chi connectivity index (χ1) is 16.8. The van der Waals surface area contributed by atoms with Gasteiger partial charge in [-0.3, -0.25) is 9.72 Å². The highest BCUT2D eigenvalue weighted by Crippen LogP contribution is 2.30. The smallest absolute Gasteiger partial charge is 0.321 e. The second kappa shape index (κ2) is 8.99. The number of nitrogens with one attached hydrogen (secondary N) is 2. The number of rotatable bonds is 5. The Balaban J connectivity index is 1.24. The van der Waals surface area contributed by atoms with E-state index in [-0.39, 0.29) is 11.4 Å². The molecule has 4 aromatic heterocycles. The summed E-state index contributed by atoms with van der Waals surface area (Å²) in [4.78, 5) is 26.7. The molecule has 0 aliphatic heterocycles. The number of aromatic nitrogens is 5. The third-order valence-corrected chi connectivity index (χ3v) is 7.10. The van der Waals surface area contributed by atoms with Crippen LogP contribution in [0.25, 0.3) is 28.3 Å². The number of benzene rings is 1. The van der Waals surface area contributed by atoms with E-state index < -0.39 is 0 Å². The van der Waals surface area contributed by atoms with Gasteiger partial charge in [0.05, 0.1) is 11.9 Å². The quantitative estimate of drug-likeness (QED) is 0.345. The number of carbonyl (C=O) groups excluding carboxylic acids is 1. The molecule has 9 heteroatoms. The van der Waals surface area contributed by atoms with Crippen molar-refractivity contribution in [2.75, 3.05) is 5.32 Å². The van der Waals surface area contributed by atoms with Crippen LogP contribution in [0.1, 0.15) is 31.2 Å². The summed E-state index contributed by atoms with van der Waals surface area (Å²) in [6.07, 6.45) is 9.43. The lowest BCUT2D eigenvalue weighted by molar-refractivity contribution is 0.251. The molecule has 0 spiro atoms. The fraction of sp³-hybridized carbons (Fsp3) is 0.231. The Morgan fingerprint density at radius 1 is 1.00 bits per heavy atom. The van der Waals surface area contributed by atoms with Crippen molar-refractivity contribution in [3.63, 3.8) is 0 Å². The topological polar surface area (TPSA) is 89.1 Å². The lowest BCUT2D eigenvalue weighted by atomic mass is 9.96. The number of hydrogen-bond acceptors (Lipinski definition) is 5. The number of anilines is 1. The van der Waals surface area contributed by atoms with Gasteiger partial charge in [0.15, 0.2) is 5.13 Å². The van der Waals surface area contributed by atoms with Crippen LogP contribution < -0.4 is 10.6 Å². The number of fused-ring (bicyclic) bond motifs is 1. The third kappa shape index (κ3) is 4.81. The van der Waals surface area contributed by atoms with Crippen molar-refractivity contribution in [3.8, 4) is 22.6 Å². The van der Waals surface area contributed by atoms with E-state index in [1.54, 1.807) is 6.20 Å². The van der Waals surface area contributed by atoms with Gasteiger partial charge in [0.2, 0.25) is 0 Å². The summed E-state index contributed by atoms with van der Waals surface area (Å²) in [5.41, 5.74) is 4.95. The normalized spacial score (nSPS) is 11.7. The molecule has 0 fully saturated rings. The van der Waals surface area contributed by atoms with Crippen LogP contribution in [0.15, 0.2) is 67.4 Å². The van der Waals surface area contributed by atoms with Crippen LogP contribution in [0.4, 0.5) is 9.93 Å². The number of carbonyl (C=O) groups is 1. The van der Waals surface area contributed by atoms with Gasteiger partial charge in [0.25, 0.3) is 0 Å². The van der Waals surface area contributed by atoms with Crippen molar-refractivity contribution < 1.29 is 4.79 Å². The lowest BCUT2D eigenvalue weighted by Crippen LogP contribution is -2.28. The van der Waals surface area contributed by atoms with E-state index in [0.29, 0.717) is 11.7 Å². The number of pyridine rings is 1. The van der Waals surface area contributed by atoms with Gasteiger partial charge >= 0.3 is 6.03 Å². The molecule has 2 N–H and O–H groups in total. The summed E-state index contributed by atoms with van der Waals surface area (Å²) < 4.78 is 4.05. The summed E-state index contributed by atoms with van der Waals surface area (Å²) in [6, 6.07) is 11.9. The minimum atomic E-state index is -0.269. The molecule has 5 aromatic rings. The maximum absolute atomic E-state index is 12.3. The molecule has 8 nitrogen and oxygen atoms in total. The number of imidazole rings is 2. The fourth-order valence-corrected chi connectivity index (χ4v) is 4.64. The molecule has 0 saturated carbocycles. The van der Waals surface area contributed by atoms with Gasteiger partial charge in [0, 0.05) is 54.4 Å². The van der Waals surface area contributed by atoms with Crippen LogP contribution in [0.2, 0.25) is 0 Å². The first-order valence-electron chi connectivity index (χ1n) is 11.3. The number of nitrogens with zero attached hydrogens (tertiary/aromatic N) is 5. The van der Waals surface area contributed by atoms with Crippen LogP contribution >= 0.6 is 11.3 Å². The Bertz CT molecular complexity index is 1490. The summed E-state index contributed by atoms with van der Waals surface area (Å²) in [6.45, 7) is 6.80. The van der Waals surface area contributed by atoms with E-state index >= 15 is 0 Å². The van der Waals surface area contributed by atoms with Crippen LogP contribution in [-0.4, -0.2) is 30.0 Å². The Morgan fingerprint density at radius 2 is 1.80 bits per heavy atom. The van der Waals surface area contributed by atoms with Crippen LogP contribution in [-0.2, 0) is 19.0 Å². The zero-order valence-corrected chi connectivity index (χ0v) is 20.9. The average Bonchev–Trinajstić information content (AvgIpc) is 3.57. The predicted octanol–water partition coefficient (Wildman–Crippen LogP) is 5.48. The van der Waals surface area contributed by atoms with Gasteiger partial charge in [-0.05, 0) is 23.1 Å².